The first-order chi connectivity index (χ1) is 13.9. The number of nitrogens with one attached hydrogen (secondary N) is 1. The number of amides is 4. The zero-order valence-electron chi connectivity index (χ0n) is 17.3. The van der Waals surface area contributed by atoms with Gasteiger partial charge in [0.1, 0.15) is 0 Å². The molecule has 3 fully saturated rings. The van der Waals surface area contributed by atoms with Crippen molar-refractivity contribution in [2.24, 2.45) is 10.8 Å². The Labute approximate surface area is 172 Å². The number of para-hydroxylation sites is 1. The van der Waals surface area contributed by atoms with Crippen LogP contribution in [0.15, 0.2) is 30.3 Å². The normalized spacial score (nSPS) is 25.9. The summed E-state index contributed by atoms with van der Waals surface area (Å²) in [5.41, 5.74) is 0.0577. The lowest BCUT2D eigenvalue weighted by Crippen LogP contribution is -2.54. The number of hydrogen-bond acceptors (Lipinski definition) is 3. The molecule has 3 aliphatic heterocycles. The van der Waals surface area contributed by atoms with Crippen molar-refractivity contribution >= 4 is 23.5 Å². The van der Waals surface area contributed by atoms with E-state index in [-0.39, 0.29) is 23.3 Å². The molecule has 4 rings (SSSR count). The summed E-state index contributed by atoms with van der Waals surface area (Å²) in [5, 5.41) is 2.95. The summed E-state index contributed by atoms with van der Waals surface area (Å²) in [6, 6.07) is 9.34. The van der Waals surface area contributed by atoms with Crippen LogP contribution < -0.4 is 5.32 Å². The summed E-state index contributed by atoms with van der Waals surface area (Å²) in [4.78, 5) is 43.8. The van der Waals surface area contributed by atoms with Crippen molar-refractivity contribution in [3.05, 3.63) is 30.3 Å². The highest BCUT2D eigenvalue weighted by Crippen LogP contribution is 2.57. The molecule has 7 nitrogen and oxygen atoms in total. The van der Waals surface area contributed by atoms with Crippen LogP contribution >= 0.6 is 0 Å². The molecule has 2 spiro atoms. The minimum absolute atomic E-state index is 0.0354. The number of fused-ring (bicyclic) bond motifs is 1. The van der Waals surface area contributed by atoms with Gasteiger partial charge in [-0.1, -0.05) is 18.2 Å². The van der Waals surface area contributed by atoms with Crippen LogP contribution in [0, 0.1) is 10.8 Å². The van der Waals surface area contributed by atoms with Gasteiger partial charge in [0.05, 0.1) is 5.41 Å². The second kappa shape index (κ2) is 7.35. The maximum Gasteiger partial charge on any atom is 0.321 e. The highest BCUT2D eigenvalue weighted by Gasteiger charge is 2.65. The summed E-state index contributed by atoms with van der Waals surface area (Å²) in [5.74, 6) is 0.235. The van der Waals surface area contributed by atoms with E-state index in [1.165, 1.54) is 0 Å². The molecule has 156 valence electrons. The predicted molar refractivity (Wildman–Crippen MR) is 110 cm³/mol. The molecule has 1 aromatic rings. The van der Waals surface area contributed by atoms with E-state index in [9.17, 15) is 14.4 Å². The van der Waals surface area contributed by atoms with Crippen LogP contribution in [0.4, 0.5) is 10.5 Å². The Hall–Kier alpha value is -2.57. The first-order valence-corrected chi connectivity index (χ1v) is 10.6. The zero-order chi connectivity index (χ0) is 20.6. The molecule has 0 aromatic heterocycles. The minimum atomic E-state index is -0.489. The van der Waals surface area contributed by atoms with E-state index in [2.05, 4.69) is 5.32 Å². The Bertz CT molecular complexity index is 804. The third-order valence-electron chi connectivity index (χ3n) is 7.33. The van der Waals surface area contributed by atoms with E-state index in [0.717, 1.165) is 31.5 Å². The fourth-order valence-electron chi connectivity index (χ4n) is 5.56. The number of hydrogen-bond donors (Lipinski definition) is 1. The number of carbonyl (C=O) groups excluding carboxylic acids is 3. The third kappa shape index (κ3) is 3.16. The van der Waals surface area contributed by atoms with E-state index in [0.29, 0.717) is 32.7 Å². The molecule has 3 saturated heterocycles. The van der Waals surface area contributed by atoms with E-state index in [1.54, 1.807) is 6.92 Å². The molecular weight excluding hydrogens is 368 g/mol. The van der Waals surface area contributed by atoms with Crippen molar-refractivity contribution in [2.45, 2.75) is 33.1 Å². The van der Waals surface area contributed by atoms with Crippen molar-refractivity contribution in [3.63, 3.8) is 0 Å². The number of rotatable bonds is 2. The number of nitrogens with zero attached hydrogens (tertiary/aromatic N) is 3. The summed E-state index contributed by atoms with van der Waals surface area (Å²) in [6.07, 6.45) is 2.31. The van der Waals surface area contributed by atoms with Gasteiger partial charge in [0.15, 0.2) is 0 Å². The molecule has 29 heavy (non-hydrogen) atoms. The van der Waals surface area contributed by atoms with E-state index in [1.807, 2.05) is 52.0 Å². The molecule has 0 bridgehead atoms. The number of piperidine rings is 1. The SMILES string of the molecule is CCN1CCC2(CN(C(C)=O)CC23CCN(C(=O)Nc2ccccc2)CC3)C1=O. The Balaban J connectivity index is 1.51. The van der Waals surface area contributed by atoms with E-state index < -0.39 is 5.41 Å². The largest absolute Gasteiger partial charge is 0.342 e. The molecule has 1 unspecified atom stereocenters. The number of benzene rings is 1. The zero-order valence-corrected chi connectivity index (χ0v) is 17.3. The van der Waals surface area contributed by atoms with Crippen molar-refractivity contribution in [3.8, 4) is 0 Å². The molecule has 0 radical (unpaired) electrons. The Morgan fingerprint density at radius 1 is 1.00 bits per heavy atom. The summed E-state index contributed by atoms with van der Waals surface area (Å²) >= 11 is 0. The summed E-state index contributed by atoms with van der Waals surface area (Å²) in [6.45, 7) is 7.43. The molecule has 1 aromatic carbocycles. The number of urea groups is 1. The molecule has 7 heteroatoms. The van der Waals surface area contributed by atoms with Crippen molar-refractivity contribution in [1.29, 1.82) is 0 Å². The van der Waals surface area contributed by atoms with Gasteiger partial charge < -0.3 is 20.0 Å². The van der Waals surface area contributed by atoms with E-state index >= 15 is 0 Å². The molecule has 1 N–H and O–H groups in total. The summed E-state index contributed by atoms with van der Waals surface area (Å²) in [7, 11) is 0. The first kappa shape index (κ1) is 19.7. The van der Waals surface area contributed by atoms with E-state index in [4.69, 9.17) is 0 Å². The van der Waals surface area contributed by atoms with Gasteiger partial charge in [0.25, 0.3) is 0 Å². The van der Waals surface area contributed by atoms with Gasteiger partial charge in [0, 0.05) is 57.3 Å². The maximum atomic E-state index is 13.4. The van der Waals surface area contributed by atoms with Gasteiger partial charge in [-0.25, -0.2) is 4.79 Å². The van der Waals surface area contributed by atoms with Crippen LogP contribution in [-0.4, -0.2) is 71.8 Å². The number of likely N-dealkylation sites (tertiary alicyclic amines) is 3. The standard InChI is InChI=1S/C22H30N4O3/c1-3-24-14-11-22(19(24)28)16-26(17(2)27)15-21(22)9-12-25(13-10-21)20(29)23-18-7-5-4-6-8-18/h4-8H,3,9-16H2,1-2H3,(H,23,29). The van der Waals surface area contributed by atoms with Gasteiger partial charge in [0.2, 0.25) is 11.8 Å². The lowest BCUT2D eigenvalue weighted by atomic mass is 9.60. The van der Waals surface area contributed by atoms with Gasteiger partial charge in [-0.2, -0.15) is 0 Å². The highest BCUT2D eigenvalue weighted by atomic mass is 16.2. The second-order valence-electron chi connectivity index (χ2n) is 8.66. The first-order valence-electron chi connectivity index (χ1n) is 10.6. The van der Waals surface area contributed by atoms with Crippen molar-refractivity contribution < 1.29 is 14.4 Å². The topological polar surface area (TPSA) is 73.0 Å². The molecule has 1 atom stereocenters. The lowest BCUT2D eigenvalue weighted by Gasteiger charge is -2.46. The Kier molecular flexibility index (Phi) is 5.00. The van der Waals surface area contributed by atoms with Crippen LogP contribution in [-0.2, 0) is 9.59 Å². The van der Waals surface area contributed by atoms with Crippen molar-refractivity contribution in [1.82, 2.24) is 14.7 Å². The molecule has 3 aliphatic rings. The fraction of sp³-hybridized carbons (Fsp3) is 0.591. The van der Waals surface area contributed by atoms with Gasteiger partial charge in [-0.15, -0.1) is 0 Å². The molecule has 0 saturated carbocycles. The predicted octanol–water partition coefficient (Wildman–Crippen LogP) is 2.40. The van der Waals surface area contributed by atoms with Gasteiger partial charge in [-0.3, -0.25) is 9.59 Å². The van der Waals surface area contributed by atoms with Crippen LogP contribution in [0.3, 0.4) is 0 Å². The number of carbonyl (C=O) groups is 3. The van der Waals surface area contributed by atoms with Gasteiger partial charge in [-0.05, 0) is 38.3 Å². The quantitative estimate of drug-likeness (QED) is 0.831. The molecule has 0 aliphatic carbocycles. The van der Waals surface area contributed by atoms with Crippen molar-refractivity contribution in [2.75, 3.05) is 44.6 Å². The lowest BCUT2D eigenvalue weighted by molar-refractivity contribution is -0.141. The van der Waals surface area contributed by atoms with Gasteiger partial charge >= 0.3 is 6.03 Å². The monoisotopic (exact) mass is 398 g/mol. The van der Waals surface area contributed by atoms with Crippen LogP contribution in [0.25, 0.3) is 0 Å². The average molecular weight is 399 g/mol. The van der Waals surface area contributed by atoms with Crippen LogP contribution in [0.1, 0.15) is 33.1 Å². The van der Waals surface area contributed by atoms with Crippen LogP contribution in [0.5, 0.6) is 0 Å². The minimum Gasteiger partial charge on any atom is -0.342 e. The highest BCUT2D eigenvalue weighted by molar-refractivity contribution is 5.90. The summed E-state index contributed by atoms with van der Waals surface area (Å²) < 4.78 is 0. The smallest absolute Gasteiger partial charge is 0.321 e. The fourth-order valence-corrected chi connectivity index (χ4v) is 5.56. The second-order valence-corrected chi connectivity index (χ2v) is 8.66. The Morgan fingerprint density at radius 3 is 2.28 bits per heavy atom. The molecular formula is C22H30N4O3. The third-order valence-corrected chi connectivity index (χ3v) is 7.33. The molecule has 4 amide bonds. The Morgan fingerprint density at radius 2 is 1.69 bits per heavy atom. The van der Waals surface area contributed by atoms with Crippen LogP contribution in [0.2, 0.25) is 0 Å². The average Bonchev–Trinajstić information content (AvgIpc) is 3.22. The maximum absolute atomic E-state index is 13.4. The number of anilines is 1. The molecule has 3 heterocycles.